The van der Waals surface area contributed by atoms with E-state index in [9.17, 15) is 14.4 Å². The summed E-state index contributed by atoms with van der Waals surface area (Å²) in [5.74, 6) is -1.62. The normalized spacial score (nSPS) is 13.5. The molecule has 0 aliphatic rings. The lowest BCUT2D eigenvalue weighted by atomic mass is 9.85. The van der Waals surface area contributed by atoms with Crippen LogP contribution in [-0.2, 0) is 9.59 Å². The molecule has 7 heteroatoms. The van der Waals surface area contributed by atoms with E-state index in [1.807, 2.05) is 13.8 Å². The van der Waals surface area contributed by atoms with E-state index in [0.29, 0.717) is 4.88 Å². The van der Waals surface area contributed by atoms with Crippen LogP contribution in [0.1, 0.15) is 36.9 Å². The molecule has 0 aromatic carbocycles. The van der Waals surface area contributed by atoms with Crippen molar-refractivity contribution in [1.29, 1.82) is 0 Å². The first-order chi connectivity index (χ1) is 10.2. The van der Waals surface area contributed by atoms with Gasteiger partial charge < -0.3 is 15.3 Å². The zero-order chi connectivity index (χ0) is 16.9. The van der Waals surface area contributed by atoms with Gasteiger partial charge in [-0.2, -0.15) is 0 Å². The van der Waals surface area contributed by atoms with Crippen molar-refractivity contribution in [3.63, 3.8) is 0 Å². The minimum absolute atomic E-state index is 0.0501. The summed E-state index contributed by atoms with van der Waals surface area (Å²) in [6, 6.07) is 3.47. The predicted octanol–water partition coefficient (Wildman–Crippen LogP) is 1.83. The molecule has 1 heterocycles. The van der Waals surface area contributed by atoms with E-state index in [1.54, 1.807) is 31.5 Å². The van der Waals surface area contributed by atoms with E-state index >= 15 is 0 Å². The average molecular weight is 326 g/mol. The second-order valence-corrected chi connectivity index (χ2v) is 6.78. The number of thiophene rings is 1. The van der Waals surface area contributed by atoms with Crippen LogP contribution in [0.4, 0.5) is 0 Å². The Bertz CT molecular complexity index is 542. The van der Waals surface area contributed by atoms with Crippen molar-refractivity contribution < 1.29 is 19.5 Å². The first kappa shape index (κ1) is 18.2. The molecule has 1 unspecified atom stereocenters. The van der Waals surface area contributed by atoms with Gasteiger partial charge in [-0.05, 0) is 24.3 Å². The van der Waals surface area contributed by atoms with Crippen LogP contribution in [0.15, 0.2) is 17.5 Å². The van der Waals surface area contributed by atoms with Gasteiger partial charge in [0, 0.05) is 7.05 Å². The molecule has 0 saturated carbocycles. The SMILES string of the molecule is CC(C)C(C)(CC(=O)O)NC(=O)CN(C)C(=O)c1cccs1. The van der Waals surface area contributed by atoms with Crippen molar-refractivity contribution in [2.75, 3.05) is 13.6 Å². The molecule has 2 amide bonds. The average Bonchev–Trinajstić information content (AvgIpc) is 2.89. The maximum atomic E-state index is 12.1. The summed E-state index contributed by atoms with van der Waals surface area (Å²) >= 11 is 1.31. The van der Waals surface area contributed by atoms with Gasteiger partial charge in [0.1, 0.15) is 0 Å². The minimum Gasteiger partial charge on any atom is -0.481 e. The van der Waals surface area contributed by atoms with Gasteiger partial charge in [0.05, 0.1) is 23.4 Å². The van der Waals surface area contributed by atoms with Gasteiger partial charge in [0.15, 0.2) is 0 Å². The van der Waals surface area contributed by atoms with Gasteiger partial charge in [0.25, 0.3) is 5.91 Å². The Hall–Kier alpha value is -1.89. The number of rotatable bonds is 7. The maximum absolute atomic E-state index is 12.1. The number of nitrogens with one attached hydrogen (secondary N) is 1. The largest absolute Gasteiger partial charge is 0.481 e. The molecule has 6 nitrogen and oxygen atoms in total. The van der Waals surface area contributed by atoms with Crippen molar-refractivity contribution in [2.24, 2.45) is 5.92 Å². The lowest BCUT2D eigenvalue weighted by molar-refractivity contribution is -0.139. The predicted molar refractivity (Wildman–Crippen MR) is 84.9 cm³/mol. The summed E-state index contributed by atoms with van der Waals surface area (Å²) in [5.41, 5.74) is -0.851. The Morgan fingerprint density at radius 3 is 2.50 bits per heavy atom. The molecule has 1 rings (SSSR count). The van der Waals surface area contributed by atoms with E-state index in [4.69, 9.17) is 5.11 Å². The molecule has 0 bridgehead atoms. The number of aliphatic carboxylic acids is 1. The Kier molecular flexibility index (Phi) is 6.11. The summed E-state index contributed by atoms with van der Waals surface area (Å²) < 4.78 is 0. The Balaban J connectivity index is 2.67. The molecule has 0 aliphatic heterocycles. The van der Waals surface area contributed by atoms with Gasteiger partial charge in [-0.25, -0.2) is 0 Å². The topological polar surface area (TPSA) is 86.7 Å². The third kappa shape index (κ3) is 4.84. The fourth-order valence-electron chi connectivity index (χ4n) is 1.94. The quantitative estimate of drug-likeness (QED) is 0.800. The molecule has 0 fully saturated rings. The van der Waals surface area contributed by atoms with Crippen LogP contribution in [0.25, 0.3) is 0 Å². The number of carbonyl (C=O) groups excluding carboxylic acids is 2. The van der Waals surface area contributed by atoms with Crippen molar-refractivity contribution >= 4 is 29.1 Å². The summed E-state index contributed by atoms with van der Waals surface area (Å²) in [5, 5.41) is 13.5. The fraction of sp³-hybridized carbons (Fsp3) is 0.533. The zero-order valence-electron chi connectivity index (χ0n) is 13.3. The number of amides is 2. The smallest absolute Gasteiger partial charge is 0.305 e. The number of likely N-dealkylation sites (N-methyl/N-ethyl adjacent to an activating group) is 1. The monoisotopic (exact) mass is 326 g/mol. The van der Waals surface area contributed by atoms with E-state index in [1.165, 1.54) is 16.2 Å². The Labute approximate surface area is 134 Å². The molecule has 0 aliphatic carbocycles. The number of carboxylic acids is 1. The first-order valence-corrected chi connectivity index (χ1v) is 7.85. The van der Waals surface area contributed by atoms with E-state index < -0.39 is 11.5 Å². The van der Waals surface area contributed by atoms with Crippen LogP contribution in [0.5, 0.6) is 0 Å². The van der Waals surface area contributed by atoms with Crippen molar-refractivity contribution in [1.82, 2.24) is 10.2 Å². The van der Waals surface area contributed by atoms with Gasteiger partial charge in [-0.15, -0.1) is 11.3 Å². The second kappa shape index (κ2) is 7.40. The lowest BCUT2D eigenvalue weighted by Gasteiger charge is -2.34. The van der Waals surface area contributed by atoms with E-state index in [2.05, 4.69) is 5.32 Å². The zero-order valence-corrected chi connectivity index (χ0v) is 14.1. The summed E-state index contributed by atoms with van der Waals surface area (Å²) in [6.07, 6.45) is -0.168. The third-order valence-electron chi connectivity index (χ3n) is 3.68. The molecule has 1 aromatic rings. The van der Waals surface area contributed by atoms with Crippen LogP contribution in [0.2, 0.25) is 0 Å². The van der Waals surface area contributed by atoms with Crippen LogP contribution in [0, 0.1) is 5.92 Å². The Morgan fingerprint density at radius 1 is 1.41 bits per heavy atom. The van der Waals surface area contributed by atoms with E-state index in [-0.39, 0.29) is 30.7 Å². The van der Waals surface area contributed by atoms with Gasteiger partial charge >= 0.3 is 5.97 Å². The van der Waals surface area contributed by atoms with Crippen molar-refractivity contribution in [2.45, 2.75) is 32.7 Å². The maximum Gasteiger partial charge on any atom is 0.305 e. The number of hydrogen-bond donors (Lipinski definition) is 2. The molecule has 1 atom stereocenters. The Morgan fingerprint density at radius 2 is 2.05 bits per heavy atom. The molecule has 22 heavy (non-hydrogen) atoms. The molecule has 122 valence electrons. The van der Waals surface area contributed by atoms with Gasteiger partial charge in [0.2, 0.25) is 5.91 Å². The van der Waals surface area contributed by atoms with Gasteiger partial charge in [-0.3, -0.25) is 14.4 Å². The number of carbonyl (C=O) groups is 3. The standard InChI is InChI=1S/C15H22N2O4S/c1-10(2)15(3,8-13(19)20)16-12(18)9-17(4)14(21)11-6-5-7-22-11/h5-7,10H,8-9H2,1-4H3,(H,16,18)(H,19,20). The number of nitrogens with zero attached hydrogens (tertiary/aromatic N) is 1. The van der Waals surface area contributed by atoms with Crippen molar-refractivity contribution in [3.8, 4) is 0 Å². The number of carboxylic acid groups (broad SMARTS) is 1. The second-order valence-electron chi connectivity index (χ2n) is 5.83. The third-order valence-corrected chi connectivity index (χ3v) is 4.53. The van der Waals surface area contributed by atoms with E-state index in [0.717, 1.165) is 0 Å². The van der Waals surface area contributed by atoms with Gasteiger partial charge in [-0.1, -0.05) is 19.9 Å². The van der Waals surface area contributed by atoms with Crippen molar-refractivity contribution in [3.05, 3.63) is 22.4 Å². The molecular weight excluding hydrogens is 304 g/mol. The van der Waals surface area contributed by atoms with Crippen LogP contribution >= 0.6 is 11.3 Å². The summed E-state index contributed by atoms with van der Waals surface area (Å²) in [6.45, 7) is 5.29. The highest BCUT2D eigenvalue weighted by atomic mass is 32.1. The molecule has 0 saturated heterocycles. The van der Waals surface area contributed by atoms with Crippen LogP contribution < -0.4 is 5.32 Å². The molecule has 0 spiro atoms. The lowest BCUT2D eigenvalue weighted by Crippen LogP contribution is -2.53. The first-order valence-electron chi connectivity index (χ1n) is 6.97. The number of hydrogen-bond acceptors (Lipinski definition) is 4. The fourth-order valence-corrected chi connectivity index (χ4v) is 2.66. The molecule has 0 radical (unpaired) electrons. The highest BCUT2D eigenvalue weighted by Crippen LogP contribution is 2.21. The van der Waals surface area contributed by atoms with Crippen LogP contribution in [0.3, 0.4) is 0 Å². The molecule has 1 aromatic heterocycles. The summed E-state index contributed by atoms with van der Waals surface area (Å²) in [4.78, 5) is 37.1. The minimum atomic E-state index is -0.973. The molecule has 2 N–H and O–H groups in total. The highest BCUT2D eigenvalue weighted by molar-refractivity contribution is 7.12. The highest BCUT2D eigenvalue weighted by Gasteiger charge is 2.33. The molecular formula is C15H22N2O4S. The van der Waals surface area contributed by atoms with Crippen LogP contribution in [-0.4, -0.2) is 46.9 Å². The summed E-state index contributed by atoms with van der Waals surface area (Å²) in [7, 11) is 1.55.